The van der Waals surface area contributed by atoms with Crippen molar-refractivity contribution in [2.45, 2.75) is 25.4 Å². The van der Waals surface area contributed by atoms with Crippen molar-refractivity contribution in [3.05, 3.63) is 35.5 Å². The van der Waals surface area contributed by atoms with Gasteiger partial charge in [-0.15, -0.1) is 0 Å². The number of halogens is 3. The van der Waals surface area contributed by atoms with Crippen LogP contribution in [0.5, 0.6) is 0 Å². The number of fused-ring (bicyclic) bond motifs is 3. The molecule has 0 bridgehead atoms. The van der Waals surface area contributed by atoms with E-state index < -0.39 is 18.4 Å². The summed E-state index contributed by atoms with van der Waals surface area (Å²) < 4.78 is 43.6. The van der Waals surface area contributed by atoms with Gasteiger partial charge in [-0.2, -0.15) is 18.4 Å². The van der Waals surface area contributed by atoms with Crippen LogP contribution in [0.4, 0.5) is 13.2 Å². The molecule has 2 heterocycles. The fourth-order valence-corrected chi connectivity index (χ4v) is 2.89. The molecule has 23 heavy (non-hydrogen) atoms. The van der Waals surface area contributed by atoms with E-state index in [2.05, 4.69) is 10.1 Å². The molecule has 1 aliphatic rings. The fourth-order valence-electron chi connectivity index (χ4n) is 2.89. The van der Waals surface area contributed by atoms with Crippen LogP contribution >= 0.6 is 0 Å². The second kappa shape index (κ2) is 5.59. The van der Waals surface area contributed by atoms with Crippen LogP contribution in [0.25, 0.3) is 10.9 Å². The maximum absolute atomic E-state index is 12.5. The lowest BCUT2D eigenvalue weighted by Crippen LogP contribution is -2.37. The third-order valence-corrected chi connectivity index (χ3v) is 3.76. The van der Waals surface area contributed by atoms with Gasteiger partial charge in [0.2, 0.25) is 0 Å². The zero-order valence-corrected chi connectivity index (χ0v) is 11.9. The molecule has 1 atom stereocenters. The minimum atomic E-state index is -5.06. The van der Waals surface area contributed by atoms with Gasteiger partial charge in [0, 0.05) is 17.4 Å². The molecule has 0 saturated carbocycles. The first-order chi connectivity index (χ1) is 10.9. The first-order valence-electron chi connectivity index (χ1n) is 6.91. The molecule has 1 unspecified atom stereocenters. The number of hydrogen-bond acceptors (Lipinski definition) is 4. The zero-order valence-electron chi connectivity index (χ0n) is 11.9. The summed E-state index contributed by atoms with van der Waals surface area (Å²) >= 11 is 0. The highest BCUT2D eigenvalue weighted by Gasteiger charge is 2.43. The summed E-state index contributed by atoms with van der Waals surface area (Å²) in [6.45, 7) is 0.334. The highest BCUT2D eigenvalue weighted by molar-refractivity contribution is 5.86. The topological polar surface area (TPSA) is 67.1 Å². The monoisotopic (exact) mass is 323 g/mol. The number of nitriles is 1. The van der Waals surface area contributed by atoms with Crippen LogP contribution in [-0.4, -0.2) is 23.3 Å². The highest BCUT2D eigenvalue weighted by atomic mass is 19.4. The highest BCUT2D eigenvalue weighted by Crippen LogP contribution is 2.34. The molecule has 8 heteroatoms. The second-order valence-electron chi connectivity index (χ2n) is 5.11. The van der Waals surface area contributed by atoms with Gasteiger partial charge in [0.05, 0.1) is 11.8 Å². The average Bonchev–Trinajstić information content (AvgIpc) is 2.83. The summed E-state index contributed by atoms with van der Waals surface area (Å²) in [5.74, 6) is -2.25. The van der Waals surface area contributed by atoms with Crippen molar-refractivity contribution in [3.8, 4) is 6.07 Å². The van der Waals surface area contributed by atoms with Gasteiger partial charge in [0.1, 0.15) is 6.54 Å². The quantitative estimate of drug-likeness (QED) is 0.862. The minimum absolute atomic E-state index is 0.0441. The molecule has 5 nitrogen and oxygen atoms in total. The summed E-state index contributed by atoms with van der Waals surface area (Å²) in [6.07, 6.45) is -5.71. The molecule has 1 aromatic heterocycles. The summed E-state index contributed by atoms with van der Waals surface area (Å²) in [5, 5.41) is 12.6. The van der Waals surface area contributed by atoms with E-state index in [1.807, 2.05) is 18.2 Å². The number of para-hydroxylation sites is 1. The van der Waals surface area contributed by atoms with E-state index >= 15 is 0 Å². The van der Waals surface area contributed by atoms with Gasteiger partial charge in [0.15, 0.2) is 6.23 Å². The SMILES string of the molecule is N#CCn1c2c(c3ccccc31)CCNC2OC(=O)C(F)(F)F. The van der Waals surface area contributed by atoms with E-state index in [9.17, 15) is 18.0 Å². The number of aromatic nitrogens is 1. The molecule has 120 valence electrons. The van der Waals surface area contributed by atoms with Crippen LogP contribution in [0, 0.1) is 11.3 Å². The minimum Gasteiger partial charge on any atom is -0.434 e. The normalized spacial score (nSPS) is 17.6. The summed E-state index contributed by atoms with van der Waals surface area (Å²) in [5.41, 5.74) is 1.93. The van der Waals surface area contributed by atoms with Crippen molar-refractivity contribution in [3.63, 3.8) is 0 Å². The largest absolute Gasteiger partial charge is 0.490 e. The Labute approximate surface area is 129 Å². The molecule has 3 rings (SSSR count). The lowest BCUT2D eigenvalue weighted by molar-refractivity contribution is -0.207. The van der Waals surface area contributed by atoms with Crippen molar-refractivity contribution < 1.29 is 22.7 Å². The number of carbonyl (C=O) groups is 1. The number of carbonyl (C=O) groups excluding carboxylic acids is 1. The third kappa shape index (κ3) is 2.64. The number of benzene rings is 1. The first kappa shape index (κ1) is 15.4. The van der Waals surface area contributed by atoms with Crippen molar-refractivity contribution in [2.75, 3.05) is 6.54 Å². The van der Waals surface area contributed by atoms with Gasteiger partial charge in [-0.05, 0) is 18.1 Å². The van der Waals surface area contributed by atoms with Crippen LogP contribution < -0.4 is 5.32 Å². The zero-order chi connectivity index (χ0) is 16.6. The maximum Gasteiger partial charge on any atom is 0.490 e. The van der Waals surface area contributed by atoms with Crippen LogP contribution in [0.15, 0.2) is 24.3 Å². The Hall–Kier alpha value is -2.53. The molecule has 0 fully saturated rings. The number of nitrogens with zero attached hydrogens (tertiary/aromatic N) is 2. The Morgan fingerprint density at radius 1 is 1.43 bits per heavy atom. The molecule has 1 aromatic carbocycles. The van der Waals surface area contributed by atoms with E-state index in [1.165, 1.54) is 0 Å². The first-order valence-corrected chi connectivity index (χ1v) is 6.91. The number of nitrogens with one attached hydrogen (secondary N) is 1. The number of alkyl halides is 3. The number of hydrogen-bond donors (Lipinski definition) is 1. The summed E-state index contributed by atoms with van der Waals surface area (Å²) in [4.78, 5) is 11.2. The Morgan fingerprint density at radius 3 is 2.87 bits per heavy atom. The third-order valence-electron chi connectivity index (χ3n) is 3.76. The number of esters is 1. The molecule has 0 aliphatic carbocycles. The van der Waals surface area contributed by atoms with Crippen molar-refractivity contribution in [2.24, 2.45) is 0 Å². The molecule has 0 saturated heterocycles. The van der Waals surface area contributed by atoms with E-state index in [4.69, 9.17) is 5.26 Å². The van der Waals surface area contributed by atoms with Gasteiger partial charge < -0.3 is 9.30 Å². The molecule has 1 N–H and O–H groups in total. The maximum atomic E-state index is 12.5. The van der Waals surface area contributed by atoms with E-state index in [0.717, 1.165) is 16.5 Å². The van der Waals surface area contributed by atoms with Crippen LogP contribution in [0.1, 0.15) is 17.5 Å². The lowest BCUT2D eigenvalue weighted by atomic mass is 10.0. The smallest absolute Gasteiger partial charge is 0.434 e. The Bertz CT molecular complexity index is 805. The molecule has 0 spiro atoms. The van der Waals surface area contributed by atoms with Crippen LogP contribution in [0.3, 0.4) is 0 Å². The summed E-state index contributed by atoms with van der Waals surface area (Å²) in [6, 6.07) is 9.22. The Kier molecular flexibility index (Phi) is 3.74. The Balaban J connectivity index is 2.10. The molecule has 2 aromatic rings. The number of rotatable bonds is 2. The fraction of sp³-hybridized carbons (Fsp3) is 0.333. The molecular weight excluding hydrogens is 311 g/mol. The Morgan fingerprint density at radius 2 is 2.17 bits per heavy atom. The van der Waals surface area contributed by atoms with Gasteiger partial charge in [-0.25, -0.2) is 4.79 Å². The van der Waals surface area contributed by atoms with Gasteiger partial charge in [0.25, 0.3) is 0 Å². The standard InChI is InChI=1S/C15H12F3N3O2/c16-15(17,18)14(22)23-13-12-10(5-7-20-13)9-3-1-2-4-11(9)21(12)8-6-19/h1-4,13,20H,5,7-8H2. The summed E-state index contributed by atoms with van der Waals surface area (Å²) in [7, 11) is 0. The molecular formula is C15H12F3N3O2. The van der Waals surface area contributed by atoms with E-state index in [0.29, 0.717) is 18.7 Å². The average molecular weight is 323 g/mol. The predicted octanol–water partition coefficient (Wildman–Crippen LogP) is 2.41. The molecule has 1 aliphatic heterocycles. The lowest BCUT2D eigenvalue weighted by Gasteiger charge is -2.26. The van der Waals surface area contributed by atoms with E-state index in [-0.39, 0.29) is 6.54 Å². The predicted molar refractivity (Wildman–Crippen MR) is 74.1 cm³/mol. The molecule has 0 amide bonds. The van der Waals surface area contributed by atoms with E-state index in [1.54, 1.807) is 16.7 Å². The van der Waals surface area contributed by atoms with Gasteiger partial charge >= 0.3 is 12.1 Å². The van der Waals surface area contributed by atoms with Crippen molar-refractivity contribution in [1.82, 2.24) is 9.88 Å². The van der Waals surface area contributed by atoms with Crippen LogP contribution in [0.2, 0.25) is 0 Å². The van der Waals surface area contributed by atoms with Crippen LogP contribution in [-0.2, 0) is 22.5 Å². The second-order valence-corrected chi connectivity index (χ2v) is 5.11. The van der Waals surface area contributed by atoms with Gasteiger partial charge in [-0.3, -0.25) is 5.32 Å². The molecule has 0 radical (unpaired) electrons. The number of ether oxygens (including phenoxy) is 1. The van der Waals surface area contributed by atoms with Crippen molar-refractivity contribution >= 4 is 16.9 Å². The van der Waals surface area contributed by atoms with Crippen molar-refractivity contribution in [1.29, 1.82) is 5.26 Å². The van der Waals surface area contributed by atoms with Gasteiger partial charge in [-0.1, -0.05) is 18.2 Å².